The highest BCUT2D eigenvalue weighted by molar-refractivity contribution is 8.23. The van der Waals surface area contributed by atoms with Crippen LogP contribution < -0.4 is 15.4 Å². The van der Waals surface area contributed by atoms with E-state index in [1.807, 2.05) is 43.4 Å². The summed E-state index contributed by atoms with van der Waals surface area (Å²) in [6.07, 6.45) is 2.97. The van der Waals surface area contributed by atoms with Crippen LogP contribution in [0.5, 0.6) is 5.75 Å². The largest absolute Gasteiger partial charge is 0.493 e. The molecule has 0 aromatic heterocycles. The summed E-state index contributed by atoms with van der Waals surface area (Å²) >= 11 is 6.43. The van der Waals surface area contributed by atoms with Gasteiger partial charge in [0.05, 0.1) is 6.61 Å². The summed E-state index contributed by atoms with van der Waals surface area (Å²) < 4.78 is 7.51. The molecular weight excluding hydrogens is 365 g/mol. The second-order valence-corrected chi connectivity index (χ2v) is 7.39. The van der Waals surface area contributed by atoms with Gasteiger partial charge in [-0.05, 0) is 34.6 Å². The van der Waals surface area contributed by atoms with Gasteiger partial charge in [-0.2, -0.15) is 0 Å². The van der Waals surface area contributed by atoms with Crippen molar-refractivity contribution in [3.63, 3.8) is 0 Å². The van der Waals surface area contributed by atoms with E-state index >= 15 is 0 Å². The van der Waals surface area contributed by atoms with Crippen LogP contribution in [0.2, 0.25) is 0 Å². The van der Waals surface area contributed by atoms with Crippen molar-refractivity contribution >= 4 is 49.3 Å². The standard InChI is InChI=1S/C20H22NOPS2/c1-15(21-2)20(25-14-24)12-17-8-9-18(13-19(17)23)22-11-10-16-6-4-3-5-7-16/h3-9,12-14,21H,1,10-11,23H2,2H3/b20-12-. The number of hydrogen-bond acceptors (Lipinski definition) is 4. The van der Waals surface area contributed by atoms with Crippen LogP contribution in [-0.2, 0) is 6.42 Å². The summed E-state index contributed by atoms with van der Waals surface area (Å²) in [7, 11) is 4.62. The van der Waals surface area contributed by atoms with Crippen molar-refractivity contribution < 1.29 is 4.74 Å². The van der Waals surface area contributed by atoms with Crippen LogP contribution in [0.4, 0.5) is 0 Å². The number of benzene rings is 2. The van der Waals surface area contributed by atoms with Gasteiger partial charge in [0.2, 0.25) is 0 Å². The minimum atomic E-state index is 0.659. The molecule has 0 spiro atoms. The van der Waals surface area contributed by atoms with Crippen LogP contribution in [0.25, 0.3) is 6.08 Å². The SMILES string of the molecule is C=C(NC)/C(=C/c1ccc(OCCc2ccccc2)cc1P)SC=S. The molecule has 0 amide bonds. The first kappa shape index (κ1) is 19.7. The van der Waals surface area contributed by atoms with Gasteiger partial charge >= 0.3 is 0 Å². The Morgan fingerprint density at radius 2 is 2.04 bits per heavy atom. The Morgan fingerprint density at radius 1 is 1.28 bits per heavy atom. The average Bonchev–Trinajstić information content (AvgIpc) is 2.63. The smallest absolute Gasteiger partial charge is 0.119 e. The first-order valence-electron chi connectivity index (χ1n) is 7.89. The molecule has 5 heteroatoms. The molecule has 1 N–H and O–H groups in total. The molecule has 25 heavy (non-hydrogen) atoms. The van der Waals surface area contributed by atoms with E-state index < -0.39 is 0 Å². The molecule has 2 nitrogen and oxygen atoms in total. The van der Waals surface area contributed by atoms with Crippen molar-refractivity contribution in [1.82, 2.24) is 5.32 Å². The molecule has 0 aliphatic heterocycles. The summed E-state index contributed by atoms with van der Waals surface area (Å²) in [5.74, 6) is 0.870. The van der Waals surface area contributed by atoms with E-state index in [0.29, 0.717) is 6.61 Å². The molecule has 0 bridgehead atoms. The Labute approximate surface area is 162 Å². The Hall–Kier alpha value is -1.61. The first-order chi connectivity index (χ1) is 12.1. The Balaban J connectivity index is 2.04. The van der Waals surface area contributed by atoms with Crippen molar-refractivity contribution in [1.29, 1.82) is 0 Å². The van der Waals surface area contributed by atoms with E-state index in [-0.39, 0.29) is 0 Å². The zero-order chi connectivity index (χ0) is 18.1. The Kier molecular flexibility index (Phi) is 8.20. The number of hydrogen-bond donors (Lipinski definition) is 1. The zero-order valence-corrected chi connectivity index (χ0v) is 17.0. The lowest BCUT2D eigenvalue weighted by Gasteiger charge is -2.11. The number of ether oxygens (including phenoxy) is 1. The second-order valence-electron chi connectivity index (χ2n) is 5.33. The zero-order valence-electron chi connectivity index (χ0n) is 14.2. The quantitative estimate of drug-likeness (QED) is 0.386. The molecule has 1 unspecified atom stereocenters. The van der Waals surface area contributed by atoms with Gasteiger partial charge in [-0.25, -0.2) is 0 Å². The summed E-state index contributed by atoms with van der Waals surface area (Å²) in [6.45, 7) is 4.67. The number of rotatable bonds is 9. The molecule has 0 radical (unpaired) electrons. The predicted molar refractivity (Wildman–Crippen MR) is 119 cm³/mol. The van der Waals surface area contributed by atoms with Gasteiger partial charge in [-0.3, -0.25) is 0 Å². The molecular formula is C20H22NOPS2. The van der Waals surface area contributed by atoms with E-state index in [4.69, 9.17) is 17.0 Å². The molecule has 130 valence electrons. The van der Waals surface area contributed by atoms with E-state index in [0.717, 1.165) is 33.6 Å². The average molecular weight is 388 g/mol. The lowest BCUT2D eigenvalue weighted by Crippen LogP contribution is -2.07. The Morgan fingerprint density at radius 3 is 2.68 bits per heavy atom. The van der Waals surface area contributed by atoms with Gasteiger partial charge in [0.1, 0.15) is 5.75 Å². The highest BCUT2D eigenvalue weighted by atomic mass is 32.2. The van der Waals surface area contributed by atoms with E-state index in [2.05, 4.69) is 39.3 Å². The highest BCUT2D eigenvalue weighted by Gasteiger charge is 2.05. The predicted octanol–water partition coefficient (Wildman–Crippen LogP) is 4.57. The summed E-state index contributed by atoms with van der Waals surface area (Å²) in [6, 6.07) is 16.4. The van der Waals surface area contributed by atoms with Crippen molar-refractivity contribution in [2.24, 2.45) is 0 Å². The van der Waals surface area contributed by atoms with Crippen LogP contribution in [0.3, 0.4) is 0 Å². The molecule has 0 aliphatic rings. The van der Waals surface area contributed by atoms with Crippen molar-refractivity contribution in [2.75, 3.05) is 13.7 Å². The monoisotopic (exact) mass is 387 g/mol. The fourth-order valence-corrected chi connectivity index (χ4v) is 3.41. The van der Waals surface area contributed by atoms with Crippen molar-refractivity contribution in [3.05, 3.63) is 76.8 Å². The summed E-state index contributed by atoms with van der Waals surface area (Å²) in [5, 5.41) is 4.14. The van der Waals surface area contributed by atoms with Gasteiger partial charge < -0.3 is 10.1 Å². The van der Waals surface area contributed by atoms with Gasteiger partial charge in [0, 0.05) is 28.8 Å². The Bertz CT molecular complexity index is 760. The van der Waals surface area contributed by atoms with Gasteiger partial charge in [-0.15, -0.1) is 9.24 Å². The van der Waals surface area contributed by atoms with Crippen molar-refractivity contribution in [3.8, 4) is 5.75 Å². The third kappa shape index (κ3) is 6.32. The van der Waals surface area contributed by atoms with Crippen molar-refractivity contribution in [2.45, 2.75) is 6.42 Å². The van der Waals surface area contributed by atoms with E-state index in [1.165, 1.54) is 17.3 Å². The minimum Gasteiger partial charge on any atom is -0.493 e. The summed E-state index contributed by atoms with van der Waals surface area (Å²) in [4.78, 5) is 0.999. The van der Waals surface area contributed by atoms with E-state index in [9.17, 15) is 0 Å². The maximum atomic E-state index is 5.87. The highest BCUT2D eigenvalue weighted by Crippen LogP contribution is 2.24. The van der Waals surface area contributed by atoms with Crippen LogP contribution in [0.1, 0.15) is 11.1 Å². The molecule has 2 aromatic rings. The number of thiocarbonyl (C=S) groups is 1. The maximum absolute atomic E-state index is 5.87. The lowest BCUT2D eigenvalue weighted by atomic mass is 10.1. The fourth-order valence-electron chi connectivity index (χ4n) is 2.21. The number of thioether (sulfide) groups is 1. The first-order valence-corrected chi connectivity index (χ1v) is 9.82. The molecule has 0 aliphatic carbocycles. The van der Waals surface area contributed by atoms with E-state index in [1.54, 1.807) is 4.70 Å². The molecule has 2 rings (SSSR count). The van der Waals surface area contributed by atoms with Gasteiger partial charge in [-0.1, -0.05) is 67.0 Å². The topological polar surface area (TPSA) is 21.3 Å². The molecule has 0 saturated carbocycles. The molecule has 2 aromatic carbocycles. The van der Waals surface area contributed by atoms with Gasteiger partial charge in [0.25, 0.3) is 0 Å². The van der Waals surface area contributed by atoms with Crippen LogP contribution in [-0.4, -0.2) is 18.4 Å². The number of likely N-dealkylation sites (N-methyl/N-ethyl adjacent to an activating group) is 1. The maximum Gasteiger partial charge on any atom is 0.119 e. The van der Waals surface area contributed by atoms with Crippen LogP contribution in [0.15, 0.2) is 65.7 Å². The summed E-state index contributed by atoms with van der Waals surface area (Å²) in [5.41, 5.74) is 3.22. The minimum absolute atomic E-state index is 0.659. The number of nitrogens with one attached hydrogen (secondary N) is 1. The third-order valence-electron chi connectivity index (χ3n) is 3.62. The fraction of sp³-hybridized carbons (Fsp3) is 0.150. The van der Waals surface area contributed by atoms with Crippen LogP contribution in [0, 0.1) is 0 Å². The molecule has 0 heterocycles. The second kappa shape index (κ2) is 10.4. The molecule has 0 saturated heterocycles. The third-order valence-corrected chi connectivity index (χ3v) is 5.12. The van der Waals surface area contributed by atoms with Crippen LogP contribution >= 0.6 is 33.2 Å². The lowest BCUT2D eigenvalue weighted by molar-refractivity contribution is 0.322. The molecule has 0 fully saturated rings. The van der Waals surface area contributed by atoms with Gasteiger partial charge in [0.15, 0.2) is 0 Å². The normalized spacial score (nSPS) is 11.0. The molecule has 1 atom stereocenters.